The van der Waals surface area contributed by atoms with Crippen LogP contribution in [0.15, 0.2) is 6.07 Å². The molecule has 90 valence electrons. The maximum absolute atomic E-state index is 12.3. The standard InChI is InChI=1S/C8H9ClF3N3O/c9-6-4-5(8(10,11)12)14-7(15-6)13-2-1-3-16/h4,16H,1-3H2,(H,13,14,15). The highest BCUT2D eigenvalue weighted by atomic mass is 35.5. The van der Waals surface area contributed by atoms with Gasteiger partial charge in [0, 0.05) is 19.2 Å². The van der Waals surface area contributed by atoms with Crippen molar-refractivity contribution in [3.8, 4) is 0 Å². The van der Waals surface area contributed by atoms with E-state index in [2.05, 4.69) is 15.3 Å². The van der Waals surface area contributed by atoms with Crippen molar-refractivity contribution < 1.29 is 18.3 Å². The van der Waals surface area contributed by atoms with E-state index in [0.29, 0.717) is 12.5 Å². The van der Waals surface area contributed by atoms with E-state index in [9.17, 15) is 13.2 Å². The third-order valence-electron chi connectivity index (χ3n) is 1.60. The SMILES string of the molecule is OCCCNc1nc(Cl)cc(C(F)(F)F)n1. The molecule has 0 aromatic carbocycles. The summed E-state index contributed by atoms with van der Waals surface area (Å²) in [5.74, 6) is -0.201. The summed E-state index contributed by atoms with van der Waals surface area (Å²) in [4.78, 5) is 6.84. The van der Waals surface area contributed by atoms with Gasteiger partial charge in [0.2, 0.25) is 5.95 Å². The molecule has 0 amide bonds. The second kappa shape index (κ2) is 5.31. The van der Waals surface area contributed by atoms with Gasteiger partial charge in [-0.25, -0.2) is 9.97 Å². The molecule has 0 saturated heterocycles. The molecular formula is C8H9ClF3N3O. The van der Waals surface area contributed by atoms with Crippen LogP contribution in [0, 0.1) is 0 Å². The zero-order valence-electron chi connectivity index (χ0n) is 8.05. The average molecular weight is 256 g/mol. The maximum atomic E-state index is 12.3. The molecular weight excluding hydrogens is 247 g/mol. The first-order valence-electron chi connectivity index (χ1n) is 4.40. The highest BCUT2D eigenvalue weighted by Gasteiger charge is 2.33. The van der Waals surface area contributed by atoms with Gasteiger partial charge in [-0.2, -0.15) is 13.2 Å². The lowest BCUT2D eigenvalue weighted by atomic mass is 10.4. The average Bonchev–Trinajstić information content (AvgIpc) is 2.16. The fourth-order valence-electron chi connectivity index (χ4n) is 0.921. The van der Waals surface area contributed by atoms with E-state index in [1.54, 1.807) is 0 Å². The van der Waals surface area contributed by atoms with E-state index in [0.717, 1.165) is 0 Å². The Morgan fingerprint density at radius 2 is 2.06 bits per heavy atom. The lowest BCUT2D eigenvalue weighted by Crippen LogP contribution is -2.13. The molecule has 16 heavy (non-hydrogen) atoms. The number of aromatic nitrogens is 2. The van der Waals surface area contributed by atoms with Crippen LogP contribution in [0.3, 0.4) is 0 Å². The van der Waals surface area contributed by atoms with Crippen molar-refractivity contribution in [2.75, 3.05) is 18.5 Å². The first-order valence-corrected chi connectivity index (χ1v) is 4.78. The van der Waals surface area contributed by atoms with E-state index in [1.807, 2.05) is 0 Å². The smallest absolute Gasteiger partial charge is 0.396 e. The number of rotatable bonds is 4. The van der Waals surface area contributed by atoms with Gasteiger partial charge in [-0.1, -0.05) is 11.6 Å². The lowest BCUT2D eigenvalue weighted by Gasteiger charge is -2.09. The predicted molar refractivity (Wildman–Crippen MR) is 52.2 cm³/mol. The summed E-state index contributed by atoms with van der Waals surface area (Å²) in [5, 5.41) is 10.7. The zero-order valence-corrected chi connectivity index (χ0v) is 8.81. The number of aliphatic hydroxyl groups is 1. The summed E-state index contributed by atoms with van der Waals surface area (Å²) in [6, 6.07) is 0.652. The number of hydrogen-bond acceptors (Lipinski definition) is 4. The van der Waals surface area contributed by atoms with Crippen molar-refractivity contribution in [2.24, 2.45) is 0 Å². The first-order chi connectivity index (χ1) is 7.43. The predicted octanol–water partition coefficient (Wildman–Crippen LogP) is 1.94. The molecule has 0 bridgehead atoms. The molecule has 8 heteroatoms. The van der Waals surface area contributed by atoms with Gasteiger partial charge in [-0.05, 0) is 6.42 Å². The number of anilines is 1. The minimum absolute atomic E-state index is 0.0697. The zero-order chi connectivity index (χ0) is 12.2. The molecule has 4 nitrogen and oxygen atoms in total. The number of nitrogens with one attached hydrogen (secondary N) is 1. The summed E-state index contributed by atoms with van der Waals surface area (Å²) in [7, 11) is 0. The summed E-state index contributed by atoms with van der Waals surface area (Å²) >= 11 is 5.43. The highest BCUT2D eigenvalue weighted by Crippen LogP contribution is 2.29. The van der Waals surface area contributed by atoms with Gasteiger partial charge in [0.15, 0.2) is 5.69 Å². The summed E-state index contributed by atoms with van der Waals surface area (Å²) in [6.07, 6.45) is -4.17. The monoisotopic (exact) mass is 255 g/mol. The third kappa shape index (κ3) is 3.82. The topological polar surface area (TPSA) is 58.0 Å². The maximum Gasteiger partial charge on any atom is 0.433 e. The summed E-state index contributed by atoms with van der Waals surface area (Å²) in [5.41, 5.74) is -1.10. The Hall–Kier alpha value is -1.08. The lowest BCUT2D eigenvalue weighted by molar-refractivity contribution is -0.141. The first kappa shape index (κ1) is 13.0. The van der Waals surface area contributed by atoms with Crippen LogP contribution in [0.1, 0.15) is 12.1 Å². The third-order valence-corrected chi connectivity index (χ3v) is 1.80. The molecule has 0 atom stereocenters. The van der Waals surface area contributed by atoms with Gasteiger partial charge in [0.05, 0.1) is 0 Å². The van der Waals surface area contributed by atoms with Crippen molar-refractivity contribution in [3.05, 3.63) is 16.9 Å². The number of halogens is 4. The van der Waals surface area contributed by atoms with Gasteiger partial charge in [0.1, 0.15) is 5.15 Å². The quantitative estimate of drug-likeness (QED) is 0.638. The Balaban J connectivity index is 2.82. The number of aliphatic hydroxyl groups excluding tert-OH is 1. The van der Waals surface area contributed by atoms with Gasteiger partial charge >= 0.3 is 6.18 Å². The van der Waals surface area contributed by atoms with Crippen LogP contribution in [0.5, 0.6) is 0 Å². The Kier molecular flexibility index (Phi) is 4.31. The molecule has 1 heterocycles. The molecule has 0 spiro atoms. The second-order valence-corrected chi connectivity index (χ2v) is 3.29. The van der Waals surface area contributed by atoms with Crippen LogP contribution in [0.25, 0.3) is 0 Å². The summed E-state index contributed by atoms with van der Waals surface area (Å²) < 4.78 is 37.0. The van der Waals surface area contributed by atoms with Crippen molar-refractivity contribution in [3.63, 3.8) is 0 Å². The Morgan fingerprint density at radius 1 is 1.38 bits per heavy atom. The molecule has 2 N–H and O–H groups in total. The Bertz CT molecular complexity index is 359. The van der Waals surface area contributed by atoms with Gasteiger partial charge in [0.25, 0.3) is 0 Å². The van der Waals surface area contributed by atoms with Crippen LogP contribution < -0.4 is 5.32 Å². The van der Waals surface area contributed by atoms with Crippen molar-refractivity contribution in [1.82, 2.24) is 9.97 Å². The van der Waals surface area contributed by atoms with Crippen LogP contribution in [0.4, 0.5) is 19.1 Å². The van der Waals surface area contributed by atoms with Crippen molar-refractivity contribution in [2.45, 2.75) is 12.6 Å². The minimum atomic E-state index is -4.56. The molecule has 0 aliphatic carbocycles. The molecule has 0 unspecified atom stereocenters. The fraction of sp³-hybridized carbons (Fsp3) is 0.500. The van der Waals surface area contributed by atoms with Crippen LogP contribution >= 0.6 is 11.6 Å². The molecule has 0 aliphatic rings. The molecule has 0 radical (unpaired) electrons. The van der Waals surface area contributed by atoms with E-state index >= 15 is 0 Å². The van der Waals surface area contributed by atoms with Crippen LogP contribution in [-0.2, 0) is 6.18 Å². The van der Waals surface area contributed by atoms with Crippen molar-refractivity contribution >= 4 is 17.5 Å². The Labute approximate surface area is 94.5 Å². The van der Waals surface area contributed by atoms with E-state index < -0.39 is 11.9 Å². The van der Waals surface area contributed by atoms with Crippen molar-refractivity contribution in [1.29, 1.82) is 0 Å². The van der Waals surface area contributed by atoms with Gasteiger partial charge in [-0.3, -0.25) is 0 Å². The highest BCUT2D eigenvalue weighted by molar-refractivity contribution is 6.29. The van der Waals surface area contributed by atoms with Gasteiger partial charge < -0.3 is 10.4 Å². The number of nitrogens with zero attached hydrogens (tertiary/aromatic N) is 2. The van der Waals surface area contributed by atoms with E-state index in [-0.39, 0.29) is 24.3 Å². The minimum Gasteiger partial charge on any atom is -0.396 e. The number of alkyl halides is 3. The second-order valence-electron chi connectivity index (χ2n) is 2.90. The normalized spacial score (nSPS) is 11.6. The molecule has 1 aromatic rings. The van der Waals surface area contributed by atoms with Gasteiger partial charge in [-0.15, -0.1) is 0 Å². The molecule has 1 rings (SSSR count). The summed E-state index contributed by atoms with van der Waals surface area (Å²) in [6.45, 7) is 0.202. The molecule has 0 fully saturated rings. The van der Waals surface area contributed by atoms with E-state index in [1.165, 1.54) is 0 Å². The van der Waals surface area contributed by atoms with Crippen LogP contribution in [-0.4, -0.2) is 28.2 Å². The Morgan fingerprint density at radius 3 is 2.62 bits per heavy atom. The molecule has 0 saturated carbocycles. The fourth-order valence-corrected chi connectivity index (χ4v) is 1.10. The van der Waals surface area contributed by atoms with E-state index in [4.69, 9.17) is 16.7 Å². The molecule has 0 aliphatic heterocycles. The number of hydrogen-bond donors (Lipinski definition) is 2. The molecule has 1 aromatic heterocycles. The van der Waals surface area contributed by atoms with Crippen LogP contribution in [0.2, 0.25) is 5.15 Å². The largest absolute Gasteiger partial charge is 0.433 e.